The van der Waals surface area contributed by atoms with Crippen molar-refractivity contribution in [2.45, 2.75) is 51.9 Å². The van der Waals surface area contributed by atoms with Crippen LogP contribution in [-0.2, 0) is 5.41 Å². The van der Waals surface area contributed by atoms with E-state index < -0.39 is 0 Å². The molecule has 2 aliphatic rings. The van der Waals surface area contributed by atoms with Crippen LogP contribution in [0.2, 0.25) is 0 Å². The topological polar surface area (TPSA) is 29.0 Å². The summed E-state index contributed by atoms with van der Waals surface area (Å²) >= 11 is 0. The average molecular weight is 384 g/mol. The summed E-state index contributed by atoms with van der Waals surface area (Å²) < 4.78 is 0. The first-order valence-electron chi connectivity index (χ1n) is 10.8. The number of benzene rings is 2. The number of hydrogen-bond donors (Lipinski definition) is 0. The molecule has 0 saturated heterocycles. The van der Waals surface area contributed by atoms with Gasteiger partial charge in [0.25, 0.3) is 0 Å². The Kier molecular flexibility index (Phi) is 4.06. The third-order valence-electron chi connectivity index (χ3n) is 7.70. The molecule has 0 N–H and O–H groups in total. The number of fused-ring (bicyclic) bond motifs is 5. The molecule has 3 aromatic rings. The molecule has 1 aromatic heterocycles. The van der Waals surface area contributed by atoms with Gasteiger partial charge in [0.2, 0.25) is 5.95 Å². The number of aromatic nitrogens is 2. The molecule has 1 heterocycles. The molecule has 2 aliphatic carbocycles. The van der Waals surface area contributed by atoms with Gasteiger partial charge in [-0.1, -0.05) is 69.3 Å². The number of nitrogens with zero attached hydrogens (tertiary/aromatic N) is 3. The minimum Gasteiger partial charge on any atom is -0.311 e. The van der Waals surface area contributed by atoms with E-state index in [1.54, 1.807) is 0 Å². The van der Waals surface area contributed by atoms with Crippen LogP contribution in [0.4, 0.5) is 11.6 Å². The maximum Gasteiger partial charge on any atom is 0.230 e. The van der Waals surface area contributed by atoms with Crippen molar-refractivity contribution in [2.75, 3.05) is 11.4 Å². The summed E-state index contributed by atoms with van der Waals surface area (Å²) in [5, 5.41) is 0. The molecule has 29 heavy (non-hydrogen) atoms. The van der Waals surface area contributed by atoms with Crippen molar-refractivity contribution in [3.05, 3.63) is 71.9 Å². The number of rotatable bonds is 4. The van der Waals surface area contributed by atoms with E-state index in [9.17, 15) is 0 Å². The molecule has 1 saturated carbocycles. The van der Waals surface area contributed by atoms with Crippen molar-refractivity contribution in [3.8, 4) is 11.3 Å². The smallest absolute Gasteiger partial charge is 0.230 e. The third kappa shape index (κ3) is 2.49. The lowest BCUT2D eigenvalue weighted by Gasteiger charge is -2.34. The lowest BCUT2D eigenvalue weighted by atomic mass is 9.70. The van der Waals surface area contributed by atoms with Gasteiger partial charge in [-0.25, -0.2) is 9.97 Å². The van der Waals surface area contributed by atoms with Gasteiger partial charge < -0.3 is 4.90 Å². The summed E-state index contributed by atoms with van der Waals surface area (Å²) in [6.07, 6.45) is 2.44. The molecular weight excluding hydrogens is 354 g/mol. The SMILES string of the molecule is CCN(c1ccccc1)c1nc(-c2ccccc2)c2c(n1)C1(C)CCC2C1(C)C. The van der Waals surface area contributed by atoms with E-state index >= 15 is 0 Å². The molecule has 148 valence electrons. The van der Waals surface area contributed by atoms with Crippen LogP contribution in [0, 0.1) is 5.41 Å². The summed E-state index contributed by atoms with van der Waals surface area (Å²) in [6.45, 7) is 10.3. The van der Waals surface area contributed by atoms with E-state index in [1.807, 2.05) is 0 Å². The van der Waals surface area contributed by atoms with Crippen LogP contribution < -0.4 is 4.90 Å². The van der Waals surface area contributed by atoms with Crippen molar-refractivity contribution in [1.29, 1.82) is 0 Å². The van der Waals surface area contributed by atoms with Gasteiger partial charge in [-0.05, 0) is 43.2 Å². The fourth-order valence-corrected chi connectivity index (χ4v) is 5.62. The lowest BCUT2D eigenvalue weighted by molar-refractivity contribution is 0.227. The first-order chi connectivity index (χ1) is 14.0. The van der Waals surface area contributed by atoms with Crippen molar-refractivity contribution in [2.24, 2.45) is 5.41 Å². The second-order valence-electron chi connectivity index (χ2n) is 9.23. The maximum absolute atomic E-state index is 5.25. The van der Waals surface area contributed by atoms with Crippen LogP contribution in [0.15, 0.2) is 60.7 Å². The molecule has 0 aliphatic heterocycles. The first kappa shape index (κ1) is 18.4. The zero-order valence-electron chi connectivity index (χ0n) is 17.8. The summed E-state index contributed by atoms with van der Waals surface area (Å²) in [7, 11) is 0. The molecule has 2 unspecified atom stereocenters. The zero-order valence-corrected chi connectivity index (χ0v) is 17.8. The minimum absolute atomic E-state index is 0.102. The van der Waals surface area contributed by atoms with Gasteiger partial charge in [-0.3, -0.25) is 0 Å². The number of para-hydroxylation sites is 1. The van der Waals surface area contributed by atoms with Crippen LogP contribution in [0.25, 0.3) is 11.3 Å². The van der Waals surface area contributed by atoms with E-state index in [0.29, 0.717) is 5.92 Å². The Hall–Kier alpha value is -2.68. The van der Waals surface area contributed by atoms with Crippen LogP contribution >= 0.6 is 0 Å². The Labute approximate surface area is 173 Å². The first-order valence-corrected chi connectivity index (χ1v) is 10.8. The van der Waals surface area contributed by atoms with Crippen LogP contribution in [0.3, 0.4) is 0 Å². The molecule has 3 nitrogen and oxygen atoms in total. The van der Waals surface area contributed by atoms with Crippen molar-refractivity contribution in [1.82, 2.24) is 9.97 Å². The van der Waals surface area contributed by atoms with Crippen molar-refractivity contribution < 1.29 is 0 Å². The Balaban J connectivity index is 1.77. The fraction of sp³-hybridized carbons (Fsp3) is 0.385. The highest BCUT2D eigenvalue weighted by Gasteiger charge is 2.61. The van der Waals surface area contributed by atoms with Gasteiger partial charge in [-0.15, -0.1) is 0 Å². The molecule has 3 heteroatoms. The van der Waals surface area contributed by atoms with Crippen LogP contribution in [0.5, 0.6) is 0 Å². The largest absolute Gasteiger partial charge is 0.311 e. The second kappa shape index (κ2) is 6.41. The molecule has 0 spiro atoms. The van der Waals surface area contributed by atoms with E-state index in [4.69, 9.17) is 9.97 Å². The third-order valence-corrected chi connectivity index (χ3v) is 7.70. The highest BCUT2D eigenvalue weighted by Crippen LogP contribution is 2.68. The zero-order chi connectivity index (χ0) is 20.2. The van der Waals surface area contributed by atoms with Crippen LogP contribution in [0.1, 0.15) is 57.7 Å². The highest BCUT2D eigenvalue weighted by atomic mass is 15.3. The van der Waals surface area contributed by atoms with Crippen molar-refractivity contribution in [3.63, 3.8) is 0 Å². The van der Waals surface area contributed by atoms with E-state index in [1.165, 1.54) is 29.7 Å². The fourth-order valence-electron chi connectivity index (χ4n) is 5.62. The molecule has 2 atom stereocenters. The Morgan fingerprint density at radius 1 is 0.931 bits per heavy atom. The molecule has 5 rings (SSSR count). The van der Waals surface area contributed by atoms with Gasteiger partial charge in [-0.2, -0.15) is 0 Å². The Morgan fingerprint density at radius 3 is 2.24 bits per heavy atom. The maximum atomic E-state index is 5.25. The van der Waals surface area contributed by atoms with E-state index in [2.05, 4.69) is 93.3 Å². The molecule has 0 radical (unpaired) electrons. The molecular formula is C26H29N3. The predicted octanol–water partition coefficient (Wildman–Crippen LogP) is 6.48. The van der Waals surface area contributed by atoms with Gasteiger partial charge in [0.1, 0.15) is 0 Å². The van der Waals surface area contributed by atoms with Gasteiger partial charge in [0.05, 0.1) is 11.4 Å². The molecule has 1 fully saturated rings. The molecule has 2 bridgehead atoms. The van der Waals surface area contributed by atoms with Crippen LogP contribution in [-0.4, -0.2) is 16.5 Å². The summed E-state index contributed by atoms with van der Waals surface area (Å²) in [5.41, 5.74) is 6.44. The second-order valence-corrected chi connectivity index (χ2v) is 9.23. The predicted molar refractivity (Wildman–Crippen MR) is 120 cm³/mol. The monoisotopic (exact) mass is 383 g/mol. The van der Waals surface area contributed by atoms with E-state index in [-0.39, 0.29) is 10.8 Å². The normalized spacial score (nSPS) is 23.8. The highest BCUT2D eigenvalue weighted by molar-refractivity contribution is 5.71. The van der Waals surface area contributed by atoms with Crippen molar-refractivity contribution >= 4 is 11.6 Å². The standard InChI is InChI=1S/C26H29N3/c1-5-29(19-14-10-7-11-15-19)24-27-22(18-12-8-6-9-13-18)21-20-16-17-26(4,23(21)28-24)25(20,2)3/h6-15,20H,5,16-17H2,1-4H3. The Morgan fingerprint density at radius 2 is 1.59 bits per heavy atom. The van der Waals surface area contributed by atoms with Gasteiger partial charge in [0.15, 0.2) is 0 Å². The number of anilines is 2. The van der Waals surface area contributed by atoms with Gasteiger partial charge >= 0.3 is 0 Å². The quantitative estimate of drug-likeness (QED) is 0.516. The van der Waals surface area contributed by atoms with E-state index in [0.717, 1.165) is 23.9 Å². The lowest BCUT2D eigenvalue weighted by Crippen LogP contribution is -2.32. The summed E-state index contributed by atoms with van der Waals surface area (Å²) in [4.78, 5) is 12.7. The summed E-state index contributed by atoms with van der Waals surface area (Å²) in [5.74, 6) is 1.35. The summed E-state index contributed by atoms with van der Waals surface area (Å²) in [6, 6.07) is 21.2. The number of hydrogen-bond acceptors (Lipinski definition) is 3. The average Bonchev–Trinajstić information content (AvgIpc) is 3.08. The molecule has 2 aromatic carbocycles. The Bertz CT molecular complexity index is 1040. The molecule has 0 amide bonds. The minimum atomic E-state index is 0.102. The van der Waals surface area contributed by atoms with Gasteiger partial charge in [0, 0.05) is 28.8 Å².